The second kappa shape index (κ2) is 27.2. The van der Waals surface area contributed by atoms with E-state index >= 15 is 0 Å². The monoisotopic (exact) mass is 1070 g/mol. The molecule has 77 heavy (non-hydrogen) atoms. The van der Waals surface area contributed by atoms with Crippen LogP contribution in [0.5, 0.6) is 11.5 Å². The summed E-state index contributed by atoms with van der Waals surface area (Å²) in [6, 6.07) is 23.9. The van der Waals surface area contributed by atoms with Crippen molar-refractivity contribution in [1.29, 1.82) is 0 Å². The number of imidazole rings is 2. The molecule has 8 aromatic rings. The number of anilines is 5. The Kier molecular flexibility index (Phi) is 20.9. The van der Waals surface area contributed by atoms with Crippen LogP contribution in [0.15, 0.2) is 85.2 Å². The first-order valence-corrected chi connectivity index (χ1v) is 27.2. The first-order chi connectivity index (χ1) is 37.3. The number of nitrogens with zero attached hydrogens (tertiary/aromatic N) is 12. The van der Waals surface area contributed by atoms with Crippen LogP contribution in [0.2, 0.25) is 5.28 Å². The number of fused-ring (bicyclic) bond motifs is 8. The van der Waals surface area contributed by atoms with Crippen LogP contribution in [0, 0.1) is 25.5 Å². The second-order valence-electron chi connectivity index (χ2n) is 17.9. The van der Waals surface area contributed by atoms with E-state index in [1.807, 2.05) is 147 Å². The molecular formula is C58H77ClF2N14O2. The molecule has 0 saturated carbocycles. The van der Waals surface area contributed by atoms with Crippen LogP contribution in [-0.4, -0.2) is 127 Å². The van der Waals surface area contributed by atoms with Gasteiger partial charge in [-0.25, -0.2) is 38.7 Å². The number of hydrogen-bond donors (Lipinski definition) is 2. The Morgan fingerprint density at radius 2 is 1.04 bits per heavy atom. The van der Waals surface area contributed by atoms with E-state index in [9.17, 15) is 8.78 Å². The number of benzene rings is 4. The van der Waals surface area contributed by atoms with Crippen molar-refractivity contribution < 1.29 is 18.3 Å². The van der Waals surface area contributed by atoms with Crippen LogP contribution in [0.25, 0.3) is 44.6 Å². The molecule has 4 aromatic carbocycles. The molecule has 412 valence electrons. The van der Waals surface area contributed by atoms with Gasteiger partial charge in [-0.2, -0.15) is 0 Å². The minimum Gasteiger partial charge on any atom is -0.489 e. The average Bonchev–Trinajstić information content (AvgIpc) is 3.91. The van der Waals surface area contributed by atoms with Crippen molar-refractivity contribution in [2.24, 2.45) is 14.1 Å². The fourth-order valence-corrected chi connectivity index (χ4v) is 9.50. The van der Waals surface area contributed by atoms with E-state index in [-0.39, 0.29) is 16.7 Å². The number of ether oxygens (including phenoxy) is 2. The third-order valence-corrected chi connectivity index (χ3v) is 13.4. The first kappa shape index (κ1) is 59.1. The van der Waals surface area contributed by atoms with Crippen molar-refractivity contribution in [3.8, 4) is 34.0 Å². The van der Waals surface area contributed by atoms with Crippen molar-refractivity contribution >= 4 is 62.4 Å². The van der Waals surface area contributed by atoms with Crippen molar-refractivity contribution in [1.82, 2.24) is 48.8 Å². The van der Waals surface area contributed by atoms with Gasteiger partial charge in [-0.3, -0.25) is 0 Å². The Balaban J connectivity index is 0.000000189. The molecule has 19 heteroatoms. The van der Waals surface area contributed by atoms with E-state index in [4.69, 9.17) is 26.8 Å². The molecule has 2 atom stereocenters. The van der Waals surface area contributed by atoms with Gasteiger partial charge in [0, 0.05) is 88.0 Å². The van der Waals surface area contributed by atoms with Gasteiger partial charge in [0.25, 0.3) is 0 Å². The maximum absolute atomic E-state index is 14.7. The molecule has 16 nitrogen and oxygen atoms in total. The highest BCUT2D eigenvalue weighted by atomic mass is 35.5. The Morgan fingerprint density at radius 1 is 0.571 bits per heavy atom. The van der Waals surface area contributed by atoms with Crippen LogP contribution in [0.4, 0.5) is 37.5 Å². The number of aryl methyl sites for hydroxylation is 4. The molecule has 8 heterocycles. The predicted octanol–water partition coefficient (Wildman–Crippen LogP) is 11.8. The van der Waals surface area contributed by atoms with Gasteiger partial charge in [0.1, 0.15) is 47.7 Å². The Bertz CT molecular complexity index is 3220. The lowest BCUT2D eigenvalue weighted by atomic mass is 10.1. The van der Waals surface area contributed by atoms with E-state index in [1.165, 1.54) is 11.9 Å². The summed E-state index contributed by atoms with van der Waals surface area (Å²) in [5.41, 5.74) is 15.0. The fraction of sp³-hybridized carbons (Fsp3) is 0.414. The highest BCUT2D eigenvalue weighted by Gasteiger charge is 2.33. The van der Waals surface area contributed by atoms with Crippen LogP contribution >= 0.6 is 11.6 Å². The number of nitrogen functional groups attached to an aromatic ring is 1. The van der Waals surface area contributed by atoms with Gasteiger partial charge in [-0.15, -0.1) is 0 Å². The zero-order chi connectivity index (χ0) is 56.1. The predicted molar refractivity (Wildman–Crippen MR) is 312 cm³/mol. The summed E-state index contributed by atoms with van der Waals surface area (Å²) in [5, 5.41) is 3.24. The topological polar surface area (TPSA) is 157 Å². The number of aromatic nitrogens is 8. The summed E-state index contributed by atoms with van der Waals surface area (Å²) in [5.74, 6) is 2.92. The number of piperazine rings is 2. The van der Waals surface area contributed by atoms with Gasteiger partial charge in [0.05, 0.1) is 57.9 Å². The standard InChI is InChI=1S/C25H26FN7O.C13H10ClFN4.C12H17N3O.4C2H6/c1-15-28-20-6-4-16(10-22(20)32(15)3)24-19(26)12-27-25(30-24)29-17-5-7-21-23(11-17)34-14-18-13-31(2)8-9-33(18)21;1-7-17-10-4-3-8(5-11(10)19(7)2)12-9(15)6-16-13(14)18-12;1-14-4-5-15-10(7-14)8-16-12-6-9(13)2-3-11(12)15;4*1-2/h4-7,10-12,18H,8-9,13-14H2,1-3H3,(H,27,29,30);3-6H,1-2H3;2-3,6,10H,4-5,7-8,13H2,1H3;4*1-2H3. The van der Waals surface area contributed by atoms with E-state index in [0.29, 0.717) is 35.8 Å². The molecule has 0 amide bonds. The molecule has 4 aromatic heterocycles. The van der Waals surface area contributed by atoms with Crippen molar-refractivity contribution in [2.45, 2.75) is 81.3 Å². The molecule has 12 rings (SSSR count). The van der Waals surface area contributed by atoms with E-state index in [2.05, 4.69) is 81.0 Å². The quantitative estimate of drug-likeness (QED) is 0.127. The number of nitrogens with one attached hydrogen (secondary N) is 1. The van der Waals surface area contributed by atoms with Crippen molar-refractivity contribution in [2.75, 3.05) is 87.4 Å². The highest BCUT2D eigenvalue weighted by Crippen LogP contribution is 2.39. The van der Waals surface area contributed by atoms with Crippen LogP contribution in [0.1, 0.15) is 67.0 Å². The Morgan fingerprint density at radius 3 is 1.56 bits per heavy atom. The van der Waals surface area contributed by atoms with Gasteiger partial charge in [-0.05, 0) is 88.1 Å². The highest BCUT2D eigenvalue weighted by molar-refractivity contribution is 6.28. The van der Waals surface area contributed by atoms with E-state index < -0.39 is 11.6 Å². The van der Waals surface area contributed by atoms with Gasteiger partial charge >= 0.3 is 0 Å². The normalized spacial score (nSPS) is 16.1. The summed E-state index contributed by atoms with van der Waals surface area (Å²) in [6.45, 7) is 27.6. The molecule has 0 spiro atoms. The van der Waals surface area contributed by atoms with Gasteiger partial charge < -0.3 is 49.3 Å². The molecular weight excluding hydrogens is 998 g/mol. The lowest BCUT2D eigenvalue weighted by Crippen LogP contribution is -2.56. The van der Waals surface area contributed by atoms with Crippen LogP contribution < -0.4 is 30.3 Å². The second-order valence-corrected chi connectivity index (χ2v) is 18.3. The fourth-order valence-electron chi connectivity index (χ4n) is 9.36. The third-order valence-electron chi connectivity index (χ3n) is 13.3. The summed E-state index contributed by atoms with van der Waals surface area (Å²) in [7, 11) is 8.17. The lowest BCUT2D eigenvalue weighted by molar-refractivity contribution is 0.188. The van der Waals surface area contributed by atoms with E-state index in [0.717, 1.165) is 114 Å². The Hall–Kier alpha value is -7.15. The number of hydrogen-bond acceptors (Lipinski definition) is 14. The third kappa shape index (κ3) is 13.5. The largest absolute Gasteiger partial charge is 0.489 e. The first-order valence-electron chi connectivity index (χ1n) is 26.8. The smallest absolute Gasteiger partial charge is 0.227 e. The molecule has 2 saturated heterocycles. The average molecular weight is 1080 g/mol. The lowest BCUT2D eigenvalue weighted by Gasteiger charge is -2.44. The van der Waals surface area contributed by atoms with Crippen LogP contribution in [0.3, 0.4) is 0 Å². The summed E-state index contributed by atoms with van der Waals surface area (Å²) in [4.78, 5) is 34.7. The SMILES string of the molecule is CC.CC.CC.CC.CN1CCN2c3ccc(N)cc3OCC2C1.Cc1nc2ccc(-c3nc(Cl)ncc3F)cc2n1C.Cc1nc2ccc(-c3nc(Nc4ccc5c(c4)OCC4CN(C)CCN54)ncc3F)cc2n1C. The number of likely N-dealkylation sites (N-methyl/N-ethyl adjacent to an activating group) is 2. The van der Waals surface area contributed by atoms with Crippen molar-refractivity contribution in [3.05, 3.63) is 114 Å². The maximum Gasteiger partial charge on any atom is 0.227 e. The molecule has 3 N–H and O–H groups in total. The molecule has 0 radical (unpaired) electrons. The summed E-state index contributed by atoms with van der Waals surface area (Å²) in [6.07, 6.45) is 2.27. The summed E-state index contributed by atoms with van der Waals surface area (Å²) >= 11 is 5.71. The zero-order valence-corrected chi connectivity index (χ0v) is 48.0. The Labute approximate surface area is 458 Å². The van der Waals surface area contributed by atoms with Crippen molar-refractivity contribution in [3.63, 3.8) is 0 Å². The van der Waals surface area contributed by atoms with E-state index in [1.54, 1.807) is 6.07 Å². The molecule has 4 aliphatic rings. The molecule has 4 aliphatic heterocycles. The number of halogens is 3. The van der Waals surface area contributed by atoms with Gasteiger partial charge in [0.2, 0.25) is 11.2 Å². The molecule has 0 aliphatic carbocycles. The minimum absolute atomic E-state index is 0.0256. The van der Waals surface area contributed by atoms with Gasteiger partial charge in [-0.1, -0.05) is 67.5 Å². The zero-order valence-electron chi connectivity index (χ0n) is 47.3. The number of rotatable bonds is 4. The van der Waals surface area contributed by atoms with Crippen LogP contribution in [-0.2, 0) is 14.1 Å². The summed E-state index contributed by atoms with van der Waals surface area (Å²) < 4.78 is 44.2. The maximum atomic E-state index is 14.7. The molecule has 2 unspecified atom stereocenters. The molecule has 0 bridgehead atoms. The number of nitrogens with two attached hydrogens (primary N) is 1. The van der Waals surface area contributed by atoms with Gasteiger partial charge in [0.15, 0.2) is 11.6 Å². The minimum atomic E-state index is -0.498. The molecule has 2 fully saturated rings.